The Bertz CT molecular complexity index is 214. The Morgan fingerprint density at radius 2 is 2.11 bits per heavy atom. The van der Waals surface area contributed by atoms with Gasteiger partial charge in [-0.05, 0) is 30.9 Å². The number of hydrogen-bond acceptors (Lipinski definition) is 4. The third kappa shape index (κ3) is 6.98. The van der Waals surface area contributed by atoms with Crippen LogP contribution in [0.2, 0.25) is 0 Å². The lowest BCUT2D eigenvalue weighted by molar-refractivity contribution is 0.0251. The fraction of sp³-hybridized carbons (Fsp3) is 1.00. The van der Waals surface area contributed by atoms with Crippen molar-refractivity contribution in [1.29, 1.82) is 0 Å². The van der Waals surface area contributed by atoms with E-state index in [0.29, 0.717) is 25.1 Å². The van der Waals surface area contributed by atoms with Gasteiger partial charge in [-0.2, -0.15) is 11.8 Å². The zero-order valence-corrected chi connectivity index (χ0v) is 12.8. The number of ether oxygens (including phenoxy) is 1. The molecule has 0 spiro atoms. The molecular weight excluding hydrogens is 246 g/mol. The molecule has 108 valence electrons. The monoisotopic (exact) mass is 275 g/mol. The average molecular weight is 275 g/mol. The summed E-state index contributed by atoms with van der Waals surface area (Å²) >= 11 is 2.07. The Balaban J connectivity index is 2.03. The number of nitrogens with one attached hydrogen (secondary N) is 1. The Kier molecular flexibility index (Phi) is 8.31. The summed E-state index contributed by atoms with van der Waals surface area (Å²) in [5.74, 6) is 1.75. The molecule has 3 atom stereocenters. The minimum atomic E-state index is -0.373. The molecule has 0 aromatic rings. The van der Waals surface area contributed by atoms with Crippen molar-refractivity contribution < 1.29 is 9.84 Å². The first-order valence-corrected chi connectivity index (χ1v) is 8.27. The van der Waals surface area contributed by atoms with Crippen LogP contribution in [0.15, 0.2) is 0 Å². The fourth-order valence-corrected chi connectivity index (χ4v) is 3.46. The van der Waals surface area contributed by atoms with Crippen LogP contribution in [0.3, 0.4) is 0 Å². The van der Waals surface area contributed by atoms with Gasteiger partial charge in [0.05, 0.1) is 12.7 Å². The van der Waals surface area contributed by atoms with Crippen molar-refractivity contribution in [2.45, 2.75) is 57.4 Å². The second-order valence-electron chi connectivity index (χ2n) is 5.58. The van der Waals surface area contributed by atoms with Crippen LogP contribution in [0.1, 0.15) is 40.0 Å². The highest BCUT2D eigenvalue weighted by atomic mass is 32.2. The maximum absolute atomic E-state index is 9.80. The van der Waals surface area contributed by atoms with Gasteiger partial charge < -0.3 is 15.2 Å². The summed E-state index contributed by atoms with van der Waals surface area (Å²) in [6, 6.07) is 0.591. The van der Waals surface area contributed by atoms with E-state index in [9.17, 15) is 5.11 Å². The molecule has 1 rings (SSSR count). The number of hydrogen-bond donors (Lipinski definition) is 2. The molecule has 0 amide bonds. The van der Waals surface area contributed by atoms with Gasteiger partial charge in [-0.1, -0.05) is 20.8 Å². The molecule has 3 unspecified atom stereocenters. The van der Waals surface area contributed by atoms with Crippen LogP contribution in [0.25, 0.3) is 0 Å². The minimum Gasteiger partial charge on any atom is -0.389 e. The van der Waals surface area contributed by atoms with Crippen molar-refractivity contribution in [3.8, 4) is 0 Å². The maximum Gasteiger partial charge on any atom is 0.0897 e. The third-order valence-electron chi connectivity index (χ3n) is 3.19. The second-order valence-corrected chi connectivity index (χ2v) is 7.16. The molecule has 2 N–H and O–H groups in total. The Morgan fingerprint density at radius 1 is 1.33 bits per heavy atom. The van der Waals surface area contributed by atoms with E-state index < -0.39 is 0 Å². The molecule has 3 nitrogen and oxygen atoms in total. The van der Waals surface area contributed by atoms with Gasteiger partial charge in [0.25, 0.3) is 0 Å². The van der Waals surface area contributed by atoms with Crippen LogP contribution in [0.5, 0.6) is 0 Å². The van der Waals surface area contributed by atoms with E-state index in [0.717, 1.165) is 11.9 Å². The summed E-state index contributed by atoms with van der Waals surface area (Å²) < 4.78 is 5.44. The van der Waals surface area contributed by atoms with Crippen molar-refractivity contribution in [3.05, 3.63) is 0 Å². The van der Waals surface area contributed by atoms with Crippen LogP contribution in [-0.2, 0) is 4.74 Å². The summed E-state index contributed by atoms with van der Waals surface area (Å²) in [6.07, 6.45) is 3.44. The number of aliphatic hydroxyl groups excluding tert-OH is 1. The summed E-state index contributed by atoms with van der Waals surface area (Å²) in [4.78, 5) is 0. The third-order valence-corrected chi connectivity index (χ3v) is 4.42. The lowest BCUT2D eigenvalue weighted by atomic mass is 10.2. The molecule has 0 aromatic carbocycles. The Hall–Kier alpha value is 0.230. The fourth-order valence-electron chi connectivity index (χ4n) is 2.31. The van der Waals surface area contributed by atoms with E-state index in [4.69, 9.17) is 4.74 Å². The first-order valence-electron chi connectivity index (χ1n) is 7.22. The van der Waals surface area contributed by atoms with Crippen molar-refractivity contribution in [3.63, 3.8) is 0 Å². The highest BCUT2D eigenvalue weighted by Gasteiger charge is 2.24. The second kappa shape index (κ2) is 9.18. The highest BCUT2D eigenvalue weighted by molar-refractivity contribution is 7.99. The van der Waals surface area contributed by atoms with Crippen LogP contribution >= 0.6 is 11.8 Å². The number of thioether (sulfide) groups is 1. The van der Waals surface area contributed by atoms with Crippen LogP contribution in [0, 0.1) is 5.92 Å². The van der Waals surface area contributed by atoms with Gasteiger partial charge in [0.2, 0.25) is 0 Å². The Labute approximate surface area is 116 Å². The summed E-state index contributed by atoms with van der Waals surface area (Å²) in [6.45, 7) is 8.30. The van der Waals surface area contributed by atoms with E-state index in [1.165, 1.54) is 25.0 Å². The maximum atomic E-state index is 9.80. The molecular formula is C14H29NO2S. The molecule has 1 aliphatic rings. The summed E-state index contributed by atoms with van der Waals surface area (Å²) in [5.41, 5.74) is 0. The summed E-state index contributed by atoms with van der Waals surface area (Å²) in [5, 5.41) is 14.1. The van der Waals surface area contributed by atoms with Crippen LogP contribution in [-0.4, -0.2) is 48.0 Å². The topological polar surface area (TPSA) is 41.5 Å². The predicted molar refractivity (Wildman–Crippen MR) is 79.2 cm³/mol. The van der Waals surface area contributed by atoms with Gasteiger partial charge in [-0.25, -0.2) is 0 Å². The van der Waals surface area contributed by atoms with Gasteiger partial charge in [0, 0.05) is 24.4 Å². The normalized spacial score (nSPS) is 25.8. The van der Waals surface area contributed by atoms with Gasteiger partial charge in [0.1, 0.15) is 0 Å². The molecule has 0 bridgehead atoms. The first kappa shape index (κ1) is 16.3. The van der Waals surface area contributed by atoms with Crippen molar-refractivity contribution in [1.82, 2.24) is 5.32 Å². The number of aliphatic hydroxyl groups is 1. The average Bonchev–Trinajstić information content (AvgIpc) is 2.74. The molecule has 1 fully saturated rings. The minimum absolute atomic E-state index is 0.373. The lowest BCUT2D eigenvalue weighted by Gasteiger charge is -2.17. The van der Waals surface area contributed by atoms with Gasteiger partial charge in [-0.15, -0.1) is 0 Å². The molecule has 0 aliphatic heterocycles. The molecule has 0 saturated heterocycles. The van der Waals surface area contributed by atoms with Gasteiger partial charge >= 0.3 is 0 Å². The molecule has 0 heterocycles. The standard InChI is InChI=1S/C14H29NO2S/c1-4-18-14-6-5-12(7-14)15-8-13(16)10-17-9-11(2)3/h11-16H,4-10H2,1-3H3. The van der Waals surface area contributed by atoms with E-state index in [2.05, 4.69) is 37.8 Å². The molecule has 4 heteroatoms. The number of rotatable bonds is 9. The molecule has 18 heavy (non-hydrogen) atoms. The lowest BCUT2D eigenvalue weighted by Crippen LogP contribution is -2.36. The van der Waals surface area contributed by atoms with Crippen LogP contribution in [0.4, 0.5) is 0 Å². The van der Waals surface area contributed by atoms with Gasteiger partial charge in [0.15, 0.2) is 0 Å². The van der Waals surface area contributed by atoms with E-state index in [-0.39, 0.29) is 6.10 Å². The SMILES string of the molecule is CCSC1CCC(NCC(O)COCC(C)C)C1. The quantitative estimate of drug-likeness (QED) is 0.677. The largest absolute Gasteiger partial charge is 0.389 e. The van der Waals surface area contributed by atoms with Crippen molar-refractivity contribution >= 4 is 11.8 Å². The molecule has 0 aromatic heterocycles. The Morgan fingerprint density at radius 3 is 2.78 bits per heavy atom. The molecule has 0 radical (unpaired) electrons. The smallest absolute Gasteiger partial charge is 0.0897 e. The molecule has 1 saturated carbocycles. The zero-order chi connectivity index (χ0) is 13.4. The molecule has 1 aliphatic carbocycles. The first-order chi connectivity index (χ1) is 8.61. The van der Waals surface area contributed by atoms with E-state index in [1.54, 1.807) is 0 Å². The van der Waals surface area contributed by atoms with E-state index in [1.807, 2.05) is 0 Å². The van der Waals surface area contributed by atoms with Crippen molar-refractivity contribution in [2.75, 3.05) is 25.5 Å². The van der Waals surface area contributed by atoms with E-state index >= 15 is 0 Å². The predicted octanol–water partition coefficient (Wildman–Crippen LogP) is 2.28. The zero-order valence-electron chi connectivity index (χ0n) is 12.0. The summed E-state index contributed by atoms with van der Waals surface area (Å²) in [7, 11) is 0. The highest BCUT2D eigenvalue weighted by Crippen LogP contribution is 2.29. The van der Waals surface area contributed by atoms with Crippen molar-refractivity contribution in [2.24, 2.45) is 5.92 Å². The van der Waals surface area contributed by atoms with Crippen LogP contribution < -0.4 is 5.32 Å². The van der Waals surface area contributed by atoms with Gasteiger partial charge in [-0.3, -0.25) is 0 Å².